The van der Waals surface area contributed by atoms with Gasteiger partial charge in [-0.25, -0.2) is 14.4 Å². The van der Waals surface area contributed by atoms with E-state index in [4.69, 9.17) is 5.11 Å². The van der Waals surface area contributed by atoms with Crippen molar-refractivity contribution < 1.29 is 27.5 Å². The van der Waals surface area contributed by atoms with E-state index in [0.717, 1.165) is 12.8 Å². The highest BCUT2D eigenvalue weighted by Gasteiger charge is 2.28. The Morgan fingerprint density at radius 2 is 1.94 bits per heavy atom. The number of anilines is 2. The van der Waals surface area contributed by atoms with Crippen LogP contribution in [0.5, 0.6) is 0 Å². The molecule has 2 aromatic heterocycles. The topological polar surface area (TPSA) is 157 Å². The van der Waals surface area contributed by atoms with Crippen LogP contribution in [0.2, 0.25) is 0 Å². The molecule has 0 radical (unpaired) electrons. The van der Waals surface area contributed by atoms with Crippen molar-refractivity contribution in [2.45, 2.75) is 12.8 Å². The number of fused-ring (bicyclic) bond motifs is 1. The molecule has 0 spiro atoms. The van der Waals surface area contributed by atoms with Crippen LogP contribution in [0.15, 0.2) is 30.7 Å². The van der Waals surface area contributed by atoms with Crippen molar-refractivity contribution in [2.24, 2.45) is 0 Å². The molecule has 0 atom stereocenters. The zero-order chi connectivity index (χ0) is 22.9. The molecule has 1 aromatic carbocycles. The maximum Gasteiger partial charge on any atom is 0.322 e. The summed E-state index contributed by atoms with van der Waals surface area (Å²) in [7, 11) is -3.95. The fourth-order valence-corrected chi connectivity index (χ4v) is 4.80. The summed E-state index contributed by atoms with van der Waals surface area (Å²) in [5, 5.41) is 11.7. The molecule has 3 heterocycles. The first-order valence-corrected chi connectivity index (χ1v) is 11.1. The molecule has 1 aliphatic rings. The van der Waals surface area contributed by atoms with E-state index in [-0.39, 0.29) is 33.7 Å². The van der Waals surface area contributed by atoms with E-state index in [1.165, 1.54) is 35.0 Å². The van der Waals surface area contributed by atoms with Gasteiger partial charge in [0.15, 0.2) is 11.6 Å². The lowest BCUT2D eigenvalue weighted by Crippen LogP contribution is -2.33. The van der Waals surface area contributed by atoms with E-state index in [0.29, 0.717) is 13.1 Å². The van der Waals surface area contributed by atoms with Crippen molar-refractivity contribution in [1.82, 2.24) is 19.3 Å². The Labute approximate surface area is 181 Å². The number of carboxylic acids is 1. The molecule has 32 heavy (non-hydrogen) atoms. The summed E-state index contributed by atoms with van der Waals surface area (Å²) in [4.78, 5) is 34.8. The van der Waals surface area contributed by atoms with E-state index in [1.54, 1.807) is 0 Å². The van der Waals surface area contributed by atoms with Gasteiger partial charge in [-0.3, -0.25) is 14.3 Å². The Morgan fingerprint density at radius 3 is 2.66 bits per heavy atom. The van der Waals surface area contributed by atoms with Crippen LogP contribution in [0.3, 0.4) is 0 Å². The van der Waals surface area contributed by atoms with Crippen LogP contribution in [-0.4, -0.2) is 64.2 Å². The maximum absolute atomic E-state index is 15.2. The number of rotatable bonds is 8. The summed E-state index contributed by atoms with van der Waals surface area (Å²) in [6.45, 7) is 0.237. The molecule has 4 N–H and O–H groups in total. The molecule has 1 aliphatic heterocycles. The quantitative estimate of drug-likeness (QED) is 0.368. The second-order valence-electron chi connectivity index (χ2n) is 7.11. The fraction of sp³-hybridized carbons (Fsp3) is 0.263. The molecule has 13 heteroatoms. The SMILES string of the molecule is O=C(O)CNc1ncnc2[nH]cc(C(=O)c3cccc(NS(=O)(=O)N4CCCC4)c3F)c12. The van der Waals surface area contributed by atoms with Gasteiger partial charge in [0.25, 0.3) is 0 Å². The van der Waals surface area contributed by atoms with Gasteiger partial charge in [0.05, 0.1) is 22.2 Å². The number of hydrogen-bond acceptors (Lipinski definition) is 7. The molecule has 3 aromatic rings. The number of hydrogen-bond donors (Lipinski definition) is 4. The summed E-state index contributed by atoms with van der Waals surface area (Å²) >= 11 is 0. The van der Waals surface area contributed by atoms with Crippen molar-refractivity contribution >= 4 is 44.5 Å². The van der Waals surface area contributed by atoms with Crippen LogP contribution in [0.25, 0.3) is 11.0 Å². The molecule has 1 fully saturated rings. The number of carboxylic acid groups (broad SMARTS) is 1. The van der Waals surface area contributed by atoms with Gasteiger partial charge in [0.2, 0.25) is 0 Å². The van der Waals surface area contributed by atoms with Crippen LogP contribution in [0, 0.1) is 5.82 Å². The number of ketones is 1. The summed E-state index contributed by atoms with van der Waals surface area (Å²) in [5.41, 5.74) is -0.446. The lowest BCUT2D eigenvalue weighted by Gasteiger charge is -2.17. The molecule has 4 rings (SSSR count). The van der Waals surface area contributed by atoms with E-state index in [2.05, 4.69) is 25.0 Å². The van der Waals surface area contributed by atoms with Crippen molar-refractivity contribution in [3.05, 3.63) is 47.7 Å². The molecule has 168 valence electrons. The first-order valence-electron chi connectivity index (χ1n) is 9.67. The molecule has 1 saturated heterocycles. The number of H-pyrrole nitrogens is 1. The number of aromatic nitrogens is 3. The maximum atomic E-state index is 15.2. The Morgan fingerprint density at radius 1 is 1.19 bits per heavy atom. The minimum absolute atomic E-state index is 0.00642. The predicted molar refractivity (Wildman–Crippen MR) is 113 cm³/mol. The molecular weight excluding hydrogens is 443 g/mol. The number of nitrogens with one attached hydrogen (secondary N) is 3. The van der Waals surface area contributed by atoms with E-state index < -0.39 is 34.3 Å². The molecular formula is C19H19FN6O5S. The van der Waals surface area contributed by atoms with Gasteiger partial charge in [-0.15, -0.1) is 0 Å². The average molecular weight is 462 g/mol. The van der Waals surface area contributed by atoms with Crippen molar-refractivity contribution in [3.63, 3.8) is 0 Å². The first kappa shape index (κ1) is 21.6. The third-order valence-corrected chi connectivity index (χ3v) is 6.53. The number of carbonyl (C=O) groups excluding carboxylic acids is 1. The van der Waals surface area contributed by atoms with Crippen molar-refractivity contribution in [1.29, 1.82) is 0 Å². The van der Waals surface area contributed by atoms with Crippen LogP contribution in [0.4, 0.5) is 15.9 Å². The highest BCUT2D eigenvalue weighted by molar-refractivity contribution is 7.90. The van der Waals surface area contributed by atoms with Gasteiger partial charge >= 0.3 is 16.2 Å². The smallest absolute Gasteiger partial charge is 0.322 e. The standard InChI is InChI=1S/C19H19FN6O5S/c20-16-11(4-3-5-13(16)25-32(30,31)26-6-1-2-7-26)17(29)12-8-21-18-15(12)19(24-10-23-18)22-9-14(27)28/h3-5,8,10,25H,1-2,6-7,9H2,(H,27,28)(H2,21,22,23,24). The zero-order valence-electron chi connectivity index (χ0n) is 16.6. The second-order valence-corrected chi connectivity index (χ2v) is 8.78. The molecule has 0 saturated carbocycles. The second kappa shape index (κ2) is 8.51. The van der Waals surface area contributed by atoms with Gasteiger partial charge < -0.3 is 15.4 Å². The Balaban J connectivity index is 1.69. The van der Waals surface area contributed by atoms with Gasteiger partial charge in [-0.05, 0) is 25.0 Å². The largest absolute Gasteiger partial charge is 0.480 e. The lowest BCUT2D eigenvalue weighted by atomic mass is 10.0. The molecule has 11 nitrogen and oxygen atoms in total. The van der Waals surface area contributed by atoms with Gasteiger partial charge in [-0.2, -0.15) is 12.7 Å². The number of nitrogens with zero attached hydrogens (tertiary/aromatic N) is 3. The number of benzene rings is 1. The third-order valence-electron chi connectivity index (χ3n) is 5.01. The van der Waals surface area contributed by atoms with Gasteiger partial charge in [0.1, 0.15) is 24.3 Å². The summed E-state index contributed by atoms with van der Waals surface area (Å²) in [5.74, 6) is -2.81. The van der Waals surface area contributed by atoms with Crippen LogP contribution in [-0.2, 0) is 15.0 Å². The predicted octanol–water partition coefficient (Wildman–Crippen LogP) is 1.58. The average Bonchev–Trinajstić information content (AvgIpc) is 3.44. The van der Waals surface area contributed by atoms with E-state index in [1.807, 2.05) is 0 Å². The molecule has 0 amide bonds. The molecule has 0 unspecified atom stereocenters. The zero-order valence-corrected chi connectivity index (χ0v) is 17.4. The highest BCUT2D eigenvalue weighted by atomic mass is 32.2. The van der Waals surface area contributed by atoms with Crippen LogP contribution in [0.1, 0.15) is 28.8 Å². The third kappa shape index (κ3) is 4.11. The Bertz CT molecular complexity index is 1300. The van der Waals surface area contributed by atoms with E-state index in [9.17, 15) is 18.0 Å². The summed E-state index contributed by atoms with van der Waals surface area (Å²) in [6, 6.07) is 3.84. The molecule has 0 bridgehead atoms. The monoisotopic (exact) mass is 462 g/mol. The normalized spacial score (nSPS) is 14.5. The molecule has 0 aliphatic carbocycles. The Kier molecular flexibility index (Phi) is 5.76. The fourth-order valence-electron chi connectivity index (χ4n) is 3.50. The number of aromatic amines is 1. The summed E-state index contributed by atoms with van der Waals surface area (Å²) in [6.07, 6.45) is 3.95. The van der Waals surface area contributed by atoms with Gasteiger partial charge in [0, 0.05) is 19.3 Å². The number of halogens is 1. The van der Waals surface area contributed by atoms with Crippen LogP contribution < -0.4 is 10.0 Å². The summed E-state index contributed by atoms with van der Waals surface area (Å²) < 4.78 is 43.6. The number of carbonyl (C=O) groups is 2. The number of aliphatic carboxylic acids is 1. The van der Waals surface area contributed by atoms with E-state index >= 15 is 4.39 Å². The van der Waals surface area contributed by atoms with Crippen molar-refractivity contribution in [2.75, 3.05) is 29.7 Å². The van der Waals surface area contributed by atoms with Crippen LogP contribution >= 0.6 is 0 Å². The highest BCUT2D eigenvalue weighted by Crippen LogP contribution is 2.28. The minimum Gasteiger partial charge on any atom is -0.480 e. The Hall–Kier alpha value is -3.58. The minimum atomic E-state index is -3.95. The first-order chi connectivity index (χ1) is 15.3. The van der Waals surface area contributed by atoms with Crippen molar-refractivity contribution in [3.8, 4) is 0 Å². The van der Waals surface area contributed by atoms with Gasteiger partial charge in [-0.1, -0.05) is 6.07 Å². The lowest BCUT2D eigenvalue weighted by molar-refractivity contribution is -0.134.